The molecule has 29 heavy (non-hydrogen) atoms. The van der Waals surface area contributed by atoms with Crippen LogP contribution in [0, 0.1) is 18.6 Å². The van der Waals surface area contributed by atoms with E-state index in [0.29, 0.717) is 17.1 Å². The summed E-state index contributed by atoms with van der Waals surface area (Å²) >= 11 is 1.93. The summed E-state index contributed by atoms with van der Waals surface area (Å²) in [6, 6.07) is 5.73. The molecule has 2 aromatic heterocycles. The zero-order chi connectivity index (χ0) is 20.0. The molecule has 6 nitrogen and oxygen atoms in total. The lowest BCUT2D eigenvalue weighted by Crippen LogP contribution is -2.33. The molecule has 2 aliphatic heterocycles. The maximum atomic E-state index is 14.4. The van der Waals surface area contributed by atoms with Crippen LogP contribution in [0.25, 0.3) is 11.3 Å². The Bertz CT molecular complexity index is 1100. The normalized spacial score (nSPS) is 15.8. The van der Waals surface area contributed by atoms with Crippen LogP contribution in [0.1, 0.15) is 11.3 Å². The molecule has 0 unspecified atom stereocenters. The Hall–Kier alpha value is -2.94. The second-order valence-corrected chi connectivity index (χ2v) is 8.14. The zero-order valence-electron chi connectivity index (χ0n) is 15.7. The van der Waals surface area contributed by atoms with Gasteiger partial charge in [-0.15, -0.1) is 0 Å². The van der Waals surface area contributed by atoms with Crippen LogP contribution in [0.4, 0.5) is 26.0 Å². The largest absolute Gasteiger partial charge is 0.355 e. The number of halogens is 2. The van der Waals surface area contributed by atoms with Gasteiger partial charge < -0.3 is 10.2 Å². The highest BCUT2D eigenvalue weighted by Crippen LogP contribution is 2.40. The highest BCUT2D eigenvalue weighted by molar-refractivity contribution is 7.99. The van der Waals surface area contributed by atoms with Crippen LogP contribution in [0.5, 0.6) is 0 Å². The molecule has 0 atom stereocenters. The molecular weight excluding hydrogens is 394 g/mol. The minimum atomic E-state index is -0.683. The van der Waals surface area contributed by atoms with Crippen molar-refractivity contribution in [1.82, 2.24) is 15.2 Å². The standard InChI is InChI=1S/C20H18F2N6S/c1-11-18-19(27-26-11)12-9-16(28-5-7-29-8-6-28)23-10-15(12)24-20(25-18)17-13(21)3-2-4-14(17)22/h2-4,9-10H,5-8H2,1H3,(H,24,25)(H,26,27). The molecule has 148 valence electrons. The summed E-state index contributed by atoms with van der Waals surface area (Å²) in [7, 11) is 0. The molecule has 0 bridgehead atoms. The molecule has 3 aromatic rings. The number of fused-ring (bicyclic) bond motifs is 3. The molecule has 0 amide bonds. The average molecular weight is 412 g/mol. The fraction of sp³-hybridized carbons (Fsp3) is 0.250. The molecule has 2 aliphatic rings. The molecular formula is C20H18F2N6S. The zero-order valence-corrected chi connectivity index (χ0v) is 16.5. The lowest BCUT2D eigenvalue weighted by atomic mass is 10.1. The summed E-state index contributed by atoms with van der Waals surface area (Å²) in [4.78, 5) is 11.4. The smallest absolute Gasteiger partial charge is 0.144 e. The molecule has 1 aromatic carbocycles. The van der Waals surface area contributed by atoms with Crippen molar-refractivity contribution in [2.45, 2.75) is 6.92 Å². The molecule has 2 N–H and O–H groups in total. The maximum absolute atomic E-state index is 14.4. The van der Waals surface area contributed by atoms with E-state index < -0.39 is 11.6 Å². The first-order valence-corrected chi connectivity index (χ1v) is 10.5. The lowest BCUT2D eigenvalue weighted by Gasteiger charge is -2.28. The first-order chi connectivity index (χ1) is 14.1. The van der Waals surface area contributed by atoms with Gasteiger partial charge in [-0.2, -0.15) is 16.9 Å². The number of aromatic amines is 1. The highest BCUT2D eigenvalue weighted by Gasteiger charge is 2.26. The number of aryl methyl sites for hydroxylation is 1. The fourth-order valence-electron chi connectivity index (χ4n) is 3.56. The van der Waals surface area contributed by atoms with E-state index in [0.717, 1.165) is 41.7 Å². The topological polar surface area (TPSA) is 69.2 Å². The summed E-state index contributed by atoms with van der Waals surface area (Å²) in [6.45, 7) is 3.69. The van der Waals surface area contributed by atoms with E-state index in [2.05, 4.69) is 30.4 Å². The number of nitrogens with one attached hydrogen (secondary N) is 2. The molecule has 9 heteroatoms. The van der Waals surface area contributed by atoms with Gasteiger partial charge in [-0.1, -0.05) is 6.07 Å². The Morgan fingerprint density at radius 3 is 2.66 bits per heavy atom. The van der Waals surface area contributed by atoms with Gasteiger partial charge in [-0.3, -0.25) is 5.10 Å². The second-order valence-electron chi connectivity index (χ2n) is 6.92. The van der Waals surface area contributed by atoms with Crippen molar-refractivity contribution in [1.29, 1.82) is 0 Å². The first kappa shape index (κ1) is 18.1. The molecule has 5 rings (SSSR count). The third-order valence-corrected chi connectivity index (χ3v) is 6.01. The lowest BCUT2D eigenvalue weighted by molar-refractivity contribution is 0.579. The van der Waals surface area contributed by atoms with Gasteiger partial charge in [0.2, 0.25) is 0 Å². The predicted molar refractivity (Wildman–Crippen MR) is 112 cm³/mol. The van der Waals surface area contributed by atoms with Crippen molar-refractivity contribution in [3.63, 3.8) is 0 Å². The van der Waals surface area contributed by atoms with Gasteiger partial charge >= 0.3 is 0 Å². The Kier molecular flexibility index (Phi) is 4.46. The van der Waals surface area contributed by atoms with Crippen LogP contribution >= 0.6 is 11.8 Å². The van der Waals surface area contributed by atoms with Crippen LogP contribution in [0.3, 0.4) is 0 Å². The monoisotopic (exact) mass is 412 g/mol. The van der Waals surface area contributed by atoms with Crippen molar-refractivity contribution in [2.75, 3.05) is 34.8 Å². The number of nitrogens with zero attached hydrogens (tertiary/aromatic N) is 4. The van der Waals surface area contributed by atoms with Crippen molar-refractivity contribution in [3.8, 4) is 11.3 Å². The van der Waals surface area contributed by atoms with Gasteiger partial charge in [0.05, 0.1) is 23.1 Å². The van der Waals surface area contributed by atoms with Crippen molar-refractivity contribution in [2.24, 2.45) is 4.99 Å². The SMILES string of the molecule is Cc1[nH]nc2c1N=C(c1c(F)cccc1F)Nc1cnc(N3CCSCC3)cc1-2. The summed E-state index contributed by atoms with van der Waals surface area (Å²) in [5.74, 6) is 1.70. The van der Waals surface area contributed by atoms with Crippen LogP contribution in [0.2, 0.25) is 0 Å². The summed E-state index contributed by atoms with van der Waals surface area (Å²) in [5.41, 5.74) is 3.10. The third-order valence-electron chi connectivity index (χ3n) is 5.07. The van der Waals surface area contributed by atoms with Gasteiger partial charge in [0, 0.05) is 30.2 Å². The maximum Gasteiger partial charge on any atom is 0.144 e. The van der Waals surface area contributed by atoms with E-state index in [4.69, 9.17) is 0 Å². The quantitative estimate of drug-likeness (QED) is 0.663. The van der Waals surface area contributed by atoms with E-state index in [-0.39, 0.29) is 11.4 Å². The fourth-order valence-corrected chi connectivity index (χ4v) is 4.47. The van der Waals surface area contributed by atoms with Crippen LogP contribution in [0.15, 0.2) is 35.5 Å². The van der Waals surface area contributed by atoms with Crippen molar-refractivity contribution < 1.29 is 8.78 Å². The van der Waals surface area contributed by atoms with Gasteiger partial charge in [-0.25, -0.2) is 18.8 Å². The number of amidine groups is 1. The molecule has 4 heterocycles. The number of aromatic nitrogens is 3. The summed E-state index contributed by atoms with van der Waals surface area (Å²) < 4.78 is 28.9. The van der Waals surface area contributed by atoms with E-state index in [1.165, 1.54) is 18.2 Å². The number of benzene rings is 1. The minimum absolute atomic E-state index is 0.0917. The number of pyridine rings is 1. The first-order valence-electron chi connectivity index (χ1n) is 9.30. The van der Waals surface area contributed by atoms with Crippen LogP contribution in [-0.2, 0) is 0 Å². The number of hydrogen-bond donors (Lipinski definition) is 2. The van der Waals surface area contributed by atoms with E-state index in [1.807, 2.05) is 24.8 Å². The average Bonchev–Trinajstić information content (AvgIpc) is 3.00. The molecule has 0 radical (unpaired) electrons. The second kappa shape index (κ2) is 7.14. The Labute approximate surface area is 170 Å². The molecule has 0 aliphatic carbocycles. The van der Waals surface area contributed by atoms with Crippen LogP contribution < -0.4 is 10.2 Å². The van der Waals surface area contributed by atoms with Crippen LogP contribution in [-0.4, -0.2) is 45.6 Å². The predicted octanol–water partition coefficient (Wildman–Crippen LogP) is 4.12. The number of thioether (sulfide) groups is 1. The number of H-pyrrole nitrogens is 1. The van der Waals surface area contributed by atoms with E-state index in [1.54, 1.807) is 6.20 Å². The Balaban J connectivity index is 1.66. The number of hydrogen-bond acceptors (Lipinski definition) is 6. The summed E-state index contributed by atoms with van der Waals surface area (Å²) in [5, 5.41) is 10.4. The Morgan fingerprint density at radius 2 is 1.90 bits per heavy atom. The van der Waals surface area contributed by atoms with E-state index >= 15 is 0 Å². The summed E-state index contributed by atoms with van der Waals surface area (Å²) in [6.07, 6.45) is 1.68. The van der Waals surface area contributed by atoms with E-state index in [9.17, 15) is 8.78 Å². The van der Waals surface area contributed by atoms with Crippen molar-refractivity contribution >= 4 is 34.8 Å². The molecule has 0 spiro atoms. The van der Waals surface area contributed by atoms with Gasteiger partial charge in [0.1, 0.15) is 34.7 Å². The minimum Gasteiger partial charge on any atom is -0.355 e. The highest BCUT2D eigenvalue weighted by atomic mass is 32.2. The van der Waals surface area contributed by atoms with Gasteiger partial charge in [0.25, 0.3) is 0 Å². The van der Waals surface area contributed by atoms with Gasteiger partial charge in [0.15, 0.2) is 0 Å². The molecule has 0 saturated carbocycles. The van der Waals surface area contributed by atoms with Gasteiger partial charge in [-0.05, 0) is 25.1 Å². The van der Waals surface area contributed by atoms with Crippen molar-refractivity contribution in [3.05, 3.63) is 53.4 Å². The third kappa shape index (κ3) is 3.15. The molecule has 1 fully saturated rings. The number of aliphatic imine (C=N–C) groups is 1. The number of anilines is 2. The molecule has 1 saturated heterocycles. The Morgan fingerprint density at radius 1 is 1.14 bits per heavy atom. The number of rotatable bonds is 2.